The Balaban J connectivity index is 0.00000535. The SMILES string of the molecule is CCCCCCCCCCOC[C@H](COP(=O)(O)OCC)OC(=O)CCOC(=O)Oc1ccc([N+](=O)[O-])cc1.C[NH2+]C. The third kappa shape index (κ3) is 22.0. The molecule has 0 saturated carbocycles. The number of phosphoric ester groups is 1. The minimum Gasteiger partial charge on any atom is -0.457 e. The van der Waals surface area contributed by atoms with Crippen LogP contribution in [0.1, 0.15) is 71.6 Å². The van der Waals surface area contributed by atoms with E-state index in [9.17, 15) is 29.2 Å². The highest BCUT2D eigenvalue weighted by atomic mass is 31.2. The van der Waals surface area contributed by atoms with Crippen molar-refractivity contribution >= 4 is 25.6 Å². The molecule has 1 unspecified atom stereocenters. The molecule has 0 saturated heterocycles. The van der Waals surface area contributed by atoms with Crippen LogP contribution in [-0.4, -0.2) is 75.2 Å². The van der Waals surface area contributed by atoms with E-state index in [0.717, 1.165) is 31.4 Å². The maximum atomic E-state index is 12.2. The molecule has 0 heterocycles. The molecule has 14 nitrogen and oxygen atoms in total. The van der Waals surface area contributed by atoms with Crippen molar-refractivity contribution in [2.45, 2.75) is 77.7 Å². The molecule has 1 aromatic rings. The molecule has 0 aliphatic heterocycles. The van der Waals surface area contributed by atoms with Crippen LogP contribution in [0, 0.1) is 10.1 Å². The van der Waals surface area contributed by atoms with Crippen molar-refractivity contribution in [1.29, 1.82) is 0 Å². The molecule has 0 amide bonds. The Labute approximate surface area is 248 Å². The first-order valence-electron chi connectivity index (χ1n) is 14.3. The van der Waals surface area contributed by atoms with E-state index < -0.39 is 37.6 Å². The molecule has 0 fully saturated rings. The normalized spacial score (nSPS) is 12.8. The molecule has 1 aromatic carbocycles. The molecule has 0 aliphatic rings. The van der Waals surface area contributed by atoms with Crippen LogP contribution in [0.3, 0.4) is 0 Å². The maximum Gasteiger partial charge on any atom is 0.513 e. The minimum atomic E-state index is -4.30. The fourth-order valence-electron chi connectivity index (χ4n) is 3.27. The Morgan fingerprint density at radius 2 is 1.55 bits per heavy atom. The minimum absolute atomic E-state index is 0.0294. The number of hydrogen-bond donors (Lipinski definition) is 2. The number of non-ortho nitro benzene ring substituents is 1. The summed E-state index contributed by atoms with van der Waals surface area (Å²) in [5.41, 5.74) is -0.169. The van der Waals surface area contributed by atoms with Gasteiger partial charge in [0, 0.05) is 18.7 Å². The van der Waals surface area contributed by atoms with E-state index in [-0.39, 0.29) is 37.7 Å². The van der Waals surface area contributed by atoms with Gasteiger partial charge in [0.15, 0.2) is 0 Å². The van der Waals surface area contributed by atoms with Crippen LogP contribution >= 0.6 is 7.82 Å². The van der Waals surface area contributed by atoms with Crippen molar-refractivity contribution in [2.24, 2.45) is 0 Å². The van der Waals surface area contributed by atoms with Gasteiger partial charge < -0.3 is 29.2 Å². The highest BCUT2D eigenvalue weighted by molar-refractivity contribution is 7.47. The third-order valence-corrected chi connectivity index (χ3v) is 6.29. The number of benzene rings is 1. The Kier molecular flexibility index (Phi) is 23.4. The summed E-state index contributed by atoms with van der Waals surface area (Å²) in [6.45, 7) is 3.25. The van der Waals surface area contributed by atoms with Gasteiger partial charge >= 0.3 is 19.9 Å². The van der Waals surface area contributed by atoms with Crippen LogP contribution in [-0.2, 0) is 32.6 Å². The first-order chi connectivity index (χ1) is 20.1. The van der Waals surface area contributed by atoms with Crippen molar-refractivity contribution in [3.05, 3.63) is 34.4 Å². The number of nitrogens with two attached hydrogens (primary N) is 1. The predicted octanol–water partition coefficient (Wildman–Crippen LogP) is 4.53. The largest absolute Gasteiger partial charge is 0.513 e. The van der Waals surface area contributed by atoms with Gasteiger partial charge in [-0.1, -0.05) is 51.9 Å². The molecule has 0 radical (unpaired) electrons. The summed E-state index contributed by atoms with van der Waals surface area (Å²) in [7, 11) is -0.302. The van der Waals surface area contributed by atoms with Crippen molar-refractivity contribution in [3.8, 4) is 5.75 Å². The lowest BCUT2D eigenvalue weighted by Gasteiger charge is -2.19. The lowest BCUT2D eigenvalue weighted by molar-refractivity contribution is -0.597. The number of carbonyl (C=O) groups excluding carboxylic acids is 2. The zero-order chi connectivity index (χ0) is 31.6. The summed E-state index contributed by atoms with van der Waals surface area (Å²) < 4.78 is 41.9. The predicted molar refractivity (Wildman–Crippen MR) is 154 cm³/mol. The number of rotatable bonds is 22. The van der Waals surface area contributed by atoms with Crippen molar-refractivity contribution in [1.82, 2.24) is 0 Å². The summed E-state index contributed by atoms with van der Waals surface area (Å²) in [5, 5.41) is 12.7. The van der Waals surface area contributed by atoms with Gasteiger partial charge in [-0.15, -0.1) is 0 Å². The van der Waals surface area contributed by atoms with Gasteiger partial charge in [0.1, 0.15) is 18.5 Å². The van der Waals surface area contributed by atoms with Gasteiger partial charge in [-0.3, -0.25) is 24.0 Å². The molecule has 0 aromatic heterocycles. The number of hydrogen-bond acceptors (Lipinski definition) is 11. The summed E-state index contributed by atoms with van der Waals surface area (Å²) in [5.74, 6) is -0.728. The first-order valence-corrected chi connectivity index (χ1v) is 15.8. The topological polar surface area (TPSA) is 187 Å². The monoisotopic (exact) mass is 623 g/mol. The number of ether oxygens (including phenoxy) is 4. The average molecular weight is 624 g/mol. The average Bonchev–Trinajstić information content (AvgIpc) is 2.93. The number of unbranched alkanes of at least 4 members (excludes halogenated alkanes) is 7. The quantitative estimate of drug-likeness (QED) is 0.0459. The highest BCUT2D eigenvalue weighted by Gasteiger charge is 2.25. The van der Waals surface area contributed by atoms with Crippen LogP contribution in [0.15, 0.2) is 24.3 Å². The standard InChI is InChI=1S/C25H40NO12P.C2H7N/c1-3-5-6-7-8-9-10-11-17-33-19-23(20-36-39(31,32)35-4-2)37-24(27)16-18-34-25(28)38-22-14-12-21(13-15-22)26(29)30;1-3-2/h12-15,23H,3-11,16-20H2,1-2H3,(H,31,32);3H,1-2H3/p+1/t23-;/m1./s1. The smallest absolute Gasteiger partial charge is 0.457 e. The molecule has 3 N–H and O–H groups in total. The first kappa shape index (κ1) is 39.4. The fraction of sp³-hybridized carbons (Fsp3) is 0.704. The Bertz CT molecular complexity index is 917. The molecule has 242 valence electrons. The summed E-state index contributed by atoms with van der Waals surface area (Å²) >= 11 is 0. The number of phosphoric acid groups is 1. The second kappa shape index (κ2) is 24.9. The molecule has 42 heavy (non-hydrogen) atoms. The highest BCUT2D eigenvalue weighted by Crippen LogP contribution is 2.43. The van der Waals surface area contributed by atoms with Crippen molar-refractivity contribution < 1.29 is 57.3 Å². The van der Waals surface area contributed by atoms with Gasteiger partial charge in [-0.25, -0.2) is 9.36 Å². The molecule has 0 spiro atoms. The molecule has 0 aliphatic carbocycles. The van der Waals surface area contributed by atoms with Gasteiger partial charge in [0.05, 0.1) is 45.3 Å². The van der Waals surface area contributed by atoms with Gasteiger partial charge in [-0.05, 0) is 25.5 Å². The molecular formula is C27H48N2O12P+. The number of quaternary nitrogens is 1. The third-order valence-electron chi connectivity index (χ3n) is 5.23. The Hall–Kier alpha value is -2.61. The molecule has 1 rings (SSSR count). The van der Waals surface area contributed by atoms with Gasteiger partial charge in [-0.2, -0.15) is 0 Å². The number of nitro groups is 1. The van der Waals surface area contributed by atoms with Crippen LogP contribution in [0.5, 0.6) is 5.75 Å². The van der Waals surface area contributed by atoms with E-state index >= 15 is 0 Å². The van der Waals surface area contributed by atoms with E-state index in [0.29, 0.717) is 6.61 Å². The van der Waals surface area contributed by atoms with Crippen LogP contribution in [0.4, 0.5) is 10.5 Å². The van der Waals surface area contributed by atoms with Crippen LogP contribution < -0.4 is 10.1 Å². The number of carbonyl (C=O) groups is 2. The zero-order valence-corrected chi connectivity index (χ0v) is 26.1. The van der Waals surface area contributed by atoms with Gasteiger partial charge in [0.25, 0.3) is 5.69 Å². The summed E-state index contributed by atoms with van der Waals surface area (Å²) in [6, 6.07) is 4.79. The molecule has 0 bridgehead atoms. The van der Waals surface area contributed by atoms with Crippen molar-refractivity contribution in [2.75, 3.05) is 47.1 Å². The number of nitro benzene ring substituents is 1. The van der Waals surface area contributed by atoms with Crippen LogP contribution in [0.25, 0.3) is 0 Å². The lowest BCUT2D eigenvalue weighted by Crippen LogP contribution is -2.74. The molecule has 15 heteroatoms. The Morgan fingerprint density at radius 1 is 0.952 bits per heavy atom. The Morgan fingerprint density at radius 3 is 2.12 bits per heavy atom. The van der Waals surface area contributed by atoms with E-state index in [4.69, 9.17) is 23.5 Å². The molecular weight excluding hydrogens is 575 g/mol. The number of esters is 1. The molecule has 2 atom stereocenters. The maximum absolute atomic E-state index is 12.2. The van der Waals surface area contributed by atoms with E-state index in [1.807, 2.05) is 19.4 Å². The fourth-order valence-corrected chi connectivity index (χ4v) is 4.03. The van der Waals surface area contributed by atoms with Crippen molar-refractivity contribution in [3.63, 3.8) is 0 Å². The van der Waals surface area contributed by atoms with E-state index in [1.165, 1.54) is 51.2 Å². The second-order valence-electron chi connectivity index (χ2n) is 9.12. The summed E-state index contributed by atoms with van der Waals surface area (Å²) in [6.07, 6.45) is 6.66. The van der Waals surface area contributed by atoms with E-state index in [1.54, 1.807) is 0 Å². The van der Waals surface area contributed by atoms with E-state index in [2.05, 4.69) is 11.4 Å². The lowest BCUT2D eigenvalue weighted by atomic mass is 10.1. The second-order valence-corrected chi connectivity index (χ2v) is 10.6. The van der Waals surface area contributed by atoms with Crippen LogP contribution in [0.2, 0.25) is 0 Å². The van der Waals surface area contributed by atoms with Gasteiger partial charge in [0.2, 0.25) is 0 Å². The number of nitrogens with zero attached hydrogens (tertiary/aromatic N) is 1. The summed E-state index contributed by atoms with van der Waals surface area (Å²) in [4.78, 5) is 43.7. The zero-order valence-electron chi connectivity index (χ0n) is 25.2.